The summed E-state index contributed by atoms with van der Waals surface area (Å²) in [6.45, 7) is 3.17. The highest BCUT2D eigenvalue weighted by Crippen LogP contribution is 2.16. The van der Waals surface area contributed by atoms with Gasteiger partial charge in [-0.05, 0) is 0 Å². The van der Waals surface area contributed by atoms with Crippen molar-refractivity contribution in [2.45, 2.75) is 11.8 Å². The largest absolute Gasteiger partial charge is 0.492 e. The van der Waals surface area contributed by atoms with Crippen LogP contribution in [0.1, 0.15) is 5.69 Å². The van der Waals surface area contributed by atoms with Crippen LogP contribution in [0.5, 0.6) is 5.88 Å². The molecule has 1 aromatic rings. The van der Waals surface area contributed by atoms with E-state index in [0.29, 0.717) is 10.9 Å². The van der Waals surface area contributed by atoms with Crippen molar-refractivity contribution < 1.29 is 10.2 Å². The summed E-state index contributed by atoms with van der Waals surface area (Å²) in [7, 11) is 0. The summed E-state index contributed by atoms with van der Waals surface area (Å²) in [5.74, 6) is 0.378. The highest BCUT2D eigenvalue weighted by molar-refractivity contribution is 7.99. The highest BCUT2D eigenvalue weighted by atomic mass is 32.2. The first-order valence-electron chi connectivity index (χ1n) is 3.55. The smallest absolute Gasteiger partial charge is 0.240 e. The summed E-state index contributed by atoms with van der Waals surface area (Å²) in [4.78, 5) is 3.72. The molecule has 0 aliphatic carbocycles. The Kier molecular flexibility index (Phi) is 3.66. The Morgan fingerprint density at radius 2 is 2.23 bits per heavy atom. The Morgan fingerprint density at radius 1 is 1.46 bits per heavy atom. The van der Waals surface area contributed by atoms with Crippen LogP contribution < -0.4 is 0 Å². The summed E-state index contributed by atoms with van der Waals surface area (Å²) in [6, 6.07) is 0. The van der Waals surface area contributed by atoms with Gasteiger partial charge in [0.05, 0.1) is 6.61 Å². The van der Waals surface area contributed by atoms with Gasteiger partial charge in [0.15, 0.2) is 5.69 Å². The van der Waals surface area contributed by atoms with Crippen molar-refractivity contribution in [3.63, 3.8) is 0 Å². The first kappa shape index (κ1) is 9.94. The first-order valence-corrected chi connectivity index (χ1v) is 4.53. The van der Waals surface area contributed by atoms with Crippen LogP contribution in [0.2, 0.25) is 0 Å². The molecular weight excluding hydrogens is 190 g/mol. The van der Waals surface area contributed by atoms with Crippen LogP contribution in [0.4, 0.5) is 0 Å². The normalized spacial score (nSPS) is 9.92. The number of hydrogen-bond acceptors (Lipinski definition) is 6. The van der Waals surface area contributed by atoms with Crippen molar-refractivity contribution in [1.82, 2.24) is 15.2 Å². The average molecular weight is 199 g/mol. The van der Waals surface area contributed by atoms with Crippen LogP contribution in [0, 0.1) is 0 Å². The van der Waals surface area contributed by atoms with Crippen LogP contribution in [-0.4, -0.2) is 31.1 Å². The van der Waals surface area contributed by atoms with Crippen LogP contribution in [-0.2, 0) is 6.61 Å². The molecule has 70 valence electrons. The standard InChI is InChI=1S/C7H9N3O2S/c1-2-3-13-7-8-6(12)5(4-11)9-10-7/h2,11H,1,3-4H2,(H,8,10,12). The highest BCUT2D eigenvalue weighted by Gasteiger charge is 2.05. The van der Waals surface area contributed by atoms with Crippen molar-refractivity contribution in [3.05, 3.63) is 18.3 Å². The average Bonchev–Trinajstić information content (AvgIpc) is 2.15. The maximum atomic E-state index is 9.18. The zero-order chi connectivity index (χ0) is 9.68. The second kappa shape index (κ2) is 4.78. The fraction of sp³-hybridized carbons (Fsp3) is 0.286. The summed E-state index contributed by atoms with van der Waals surface area (Å²) in [6.07, 6.45) is 1.70. The Hall–Kier alpha value is -1.14. The fourth-order valence-electron chi connectivity index (χ4n) is 0.622. The Bertz CT molecular complexity index is 306. The van der Waals surface area contributed by atoms with E-state index in [-0.39, 0.29) is 18.2 Å². The minimum absolute atomic E-state index is 0.0861. The number of hydrogen-bond donors (Lipinski definition) is 2. The molecule has 0 radical (unpaired) electrons. The summed E-state index contributed by atoms with van der Waals surface area (Å²) < 4.78 is 0. The van der Waals surface area contributed by atoms with Gasteiger partial charge < -0.3 is 10.2 Å². The van der Waals surface area contributed by atoms with Crippen molar-refractivity contribution in [2.75, 3.05) is 5.75 Å². The van der Waals surface area contributed by atoms with E-state index < -0.39 is 0 Å². The van der Waals surface area contributed by atoms with E-state index in [0.717, 1.165) is 0 Å². The molecule has 0 saturated carbocycles. The van der Waals surface area contributed by atoms with Gasteiger partial charge in [-0.3, -0.25) is 0 Å². The monoisotopic (exact) mass is 199 g/mol. The van der Waals surface area contributed by atoms with E-state index in [1.807, 2.05) is 0 Å². The maximum absolute atomic E-state index is 9.18. The summed E-state index contributed by atoms with van der Waals surface area (Å²) >= 11 is 1.31. The van der Waals surface area contributed by atoms with Crippen molar-refractivity contribution >= 4 is 11.8 Å². The van der Waals surface area contributed by atoms with Crippen molar-refractivity contribution in [1.29, 1.82) is 0 Å². The van der Waals surface area contributed by atoms with Gasteiger partial charge in [-0.1, -0.05) is 17.8 Å². The van der Waals surface area contributed by atoms with E-state index in [4.69, 9.17) is 5.11 Å². The Labute approximate surface area is 79.5 Å². The van der Waals surface area contributed by atoms with Gasteiger partial charge >= 0.3 is 0 Å². The van der Waals surface area contributed by atoms with E-state index in [1.165, 1.54) is 11.8 Å². The lowest BCUT2D eigenvalue weighted by Crippen LogP contribution is -1.98. The van der Waals surface area contributed by atoms with Crippen LogP contribution in [0.25, 0.3) is 0 Å². The third kappa shape index (κ3) is 2.67. The minimum atomic E-state index is -0.363. The van der Waals surface area contributed by atoms with Crippen molar-refractivity contribution in [2.24, 2.45) is 0 Å². The van der Waals surface area contributed by atoms with E-state index >= 15 is 0 Å². The molecule has 0 amide bonds. The molecule has 6 heteroatoms. The number of rotatable bonds is 4. The molecule has 0 bridgehead atoms. The van der Waals surface area contributed by atoms with Gasteiger partial charge in [-0.25, -0.2) is 0 Å². The van der Waals surface area contributed by atoms with Gasteiger partial charge in [0.25, 0.3) is 0 Å². The van der Waals surface area contributed by atoms with Gasteiger partial charge in [-0.15, -0.1) is 16.8 Å². The first-order chi connectivity index (χ1) is 6.27. The molecular formula is C7H9N3O2S. The molecule has 0 spiro atoms. The zero-order valence-corrected chi connectivity index (χ0v) is 7.66. The molecule has 0 unspecified atom stereocenters. The van der Waals surface area contributed by atoms with Crippen LogP contribution in [0.3, 0.4) is 0 Å². The molecule has 13 heavy (non-hydrogen) atoms. The lowest BCUT2D eigenvalue weighted by molar-refractivity contribution is 0.264. The van der Waals surface area contributed by atoms with Gasteiger partial charge in [0.1, 0.15) is 0 Å². The SMILES string of the molecule is C=CCSc1nnc(CO)c(O)n1. The molecule has 0 fully saturated rings. The molecule has 1 heterocycles. The zero-order valence-electron chi connectivity index (χ0n) is 6.84. The topological polar surface area (TPSA) is 79.1 Å². The van der Waals surface area contributed by atoms with Crippen LogP contribution in [0.15, 0.2) is 17.8 Å². The second-order valence-corrected chi connectivity index (χ2v) is 3.11. The number of aliphatic hydroxyl groups excluding tert-OH is 1. The number of aromatic nitrogens is 3. The number of thioether (sulfide) groups is 1. The Balaban J connectivity index is 2.76. The fourth-order valence-corrected chi connectivity index (χ4v) is 1.14. The Morgan fingerprint density at radius 3 is 2.77 bits per heavy atom. The molecule has 1 rings (SSSR count). The predicted octanol–water partition coefficient (Wildman–Crippen LogP) is 0.348. The van der Waals surface area contributed by atoms with E-state index in [1.54, 1.807) is 6.08 Å². The molecule has 0 aliphatic rings. The van der Waals surface area contributed by atoms with Gasteiger partial charge in [0, 0.05) is 5.75 Å². The lowest BCUT2D eigenvalue weighted by atomic mass is 10.5. The van der Waals surface area contributed by atoms with Gasteiger partial charge in [-0.2, -0.15) is 4.98 Å². The molecule has 1 aromatic heterocycles. The maximum Gasteiger partial charge on any atom is 0.240 e. The third-order valence-electron chi connectivity index (χ3n) is 1.20. The molecule has 0 aliphatic heterocycles. The predicted molar refractivity (Wildman–Crippen MR) is 48.3 cm³/mol. The third-order valence-corrected chi connectivity index (χ3v) is 2.03. The number of aromatic hydroxyl groups is 1. The van der Waals surface area contributed by atoms with E-state index in [9.17, 15) is 5.11 Å². The summed E-state index contributed by atoms with van der Waals surface area (Å²) in [5.41, 5.74) is 0.0861. The quantitative estimate of drug-likeness (QED) is 0.538. The van der Waals surface area contributed by atoms with E-state index in [2.05, 4.69) is 21.8 Å². The molecule has 0 saturated heterocycles. The van der Waals surface area contributed by atoms with Crippen molar-refractivity contribution in [3.8, 4) is 5.88 Å². The molecule has 5 nitrogen and oxygen atoms in total. The lowest BCUT2D eigenvalue weighted by Gasteiger charge is -1.99. The number of aliphatic hydroxyl groups is 1. The summed E-state index contributed by atoms with van der Waals surface area (Å²) in [5, 5.41) is 25.5. The number of nitrogens with zero attached hydrogens (tertiary/aromatic N) is 3. The second-order valence-electron chi connectivity index (χ2n) is 2.12. The van der Waals surface area contributed by atoms with Gasteiger partial charge in [0.2, 0.25) is 11.0 Å². The minimum Gasteiger partial charge on any atom is -0.492 e. The molecule has 0 aromatic carbocycles. The molecule has 0 atom stereocenters. The molecule has 2 N–H and O–H groups in total. The van der Waals surface area contributed by atoms with Crippen LogP contribution >= 0.6 is 11.8 Å².